The lowest BCUT2D eigenvalue weighted by Gasteiger charge is -2.28. The van der Waals surface area contributed by atoms with E-state index in [1.165, 1.54) is 0 Å². The van der Waals surface area contributed by atoms with Crippen molar-refractivity contribution in [2.75, 3.05) is 6.61 Å². The van der Waals surface area contributed by atoms with Crippen LogP contribution in [0, 0.1) is 5.41 Å². The summed E-state index contributed by atoms with van der Waals surface area (Å²) in [5.74, 6) is 0.179. The Bertz CT molecular complexity index is 542. The Balaban J connectivity index is 1.91. The summed E-state index contributed by atoms with van der Waals surface area (Å²) >= 11 is 0. The number of nitrogens with zero attached hydrogens (tertiary/aromatic N) is 1. The molecule has 0 N–H and O–H groups in total. The van der Waals surface area contributed by atoms with Crippen molar-refractivity contribution < 1.29 is 9.53 Å². The molecule has 0 aromatic heterocycles. The fraction of sp³-hybridized carbons (Fsp3) is 0.389. The van der Waals surface area contributed by atoms with Crippen LogP contribution in [-0.4, -0.2) is 23.5 Å². The van der Waals surface area contributed by atoms with Crippen LogP contribution in [0.25, 0.3) is 0 Å². The fourth-order valence-corrected chi connectivity index (χ4v) is 3.65. The van der Waals surface area contributed by atoms with Gasteiger partial charge >= 0.3 is 0 Å². The summed E-state index contributed by atoms with van der Waals surface area (Å²) < 4.78 is 5.88. The van der Waals surface area contributed by atoms with Crippen molar-refractivity contribution >= 4 is 5.91 Å². The highest BCUT2D eigenvalue weighted by molar-refractivity contribution is 5.86. The van der Waals surface area contributed by atoms with Crippen LogP contribution in [-0.2, 0) is 9.53 Å². The lowest BCUT2D eigenvalue weighted by molar-refractivity contribution is -0.142. The molecule has 0 unspecified atom stereocenters. The number of benzene rings is 1. The Morgan fingerprint density at radius 2 is 1.90 bits per heavy atom. The number of allylic oxidation sites excluding steroid dienone is 2. The lowest BCUT2D eigenvalue weighted by Crippen LogP contribution is -2.36. The normalized spacial score (nSPS) is 26.7. The number of amides is 1. The highest BCUT2D eigenvalue weighted by Crippen LogP contribution is 2.49. The van der Waals surface area contributed by atoms with Gasteiger partial charge < -0.3 is 9.64 Å². The molecule has 3 rings (SSSR count). The molecule has 2 aliphatic heterocycles. The van der Waals surface area contributed by atoms with E-state index in [1.54, 1.807) is 0 Å². The fourth-order valence-electron chi connectivity index (χ4n) is 3.65. The van der Waals surface area contributed by atoms with Gasteiger partial charge in [0.1, 0.15) is 0 Å². The Morgan fingerprint density at radius 3 is 2.52 bits per heavy atom. The summed E-state index contributed by atoms with van der Waals surface area (Å²) in [6.45, 7) is 8.25. The molecule has 0 radical (unpaired) electrons. The van der Waals surface area contributed by atoms with Crippen LogP contribution < -0.4 is 0 Å². The summed E-state index contributed by atoms with van der Waals surface area (Å²) in [6, 6.07) is 10.1. The van der Waals surface area contributed by atoms with Crippen LogP contribution in [0.5, 0.6) is 0 Å². The molecule has 0 bridgehead atoms. The number of fused-ring (bicyclic) bond motifs is 1. The molecule has 0 saturated carbocycles. The van der Waals surface area contributed by atoms with Crippen LogP contribution in [0.2, 0.25) is 0 Å². The first-order chi connectivity index (χ1) is 10.2. The summed E-state index contributed by atoms with van der Waals surface area (Å²) in [5, 5.41) is 0. The van der Waals surface area contributed by atoms with E-state index < -0.39 is 0 Å². The van der Waals surface area contributed by atoms with E-state index in [4.69, 9.17) is 4.74 Å². The minimum Gasteiger partial charge on any atom is -0.352 e. The number of hydrogen-bond donors (Lipinski definition) is 0. The van der Waals surface area contributed by atoms with Crippen molar-refractivity contribution in [3.8, 4) is 0 Å². The van der Waals surface area contributed by atoms with Gasteiger partial charge in [0.15, 0.2) is 6.23 Å². The largest absolute Gasteiger partial charge is 0.352 e. The number of carbonyl (C=O) groups is 1. The first-order valence-corrected chi connectivity index (χ1v) is 7.43. The van der Waals surface area contributed by atoms with E-state index in [0.29, 0.717) is 19.4 Å². The molecule has 0 spiro atoms. The van der Waals surface area contributed by atoms with E-state index in [2.05, 4.69) is 13.2 Å². The molecule has 2 atom stereocenters. The molecule has 21 heavy (non-hydrogen) atoms. The Hall–Kier alpha value is -1.87. The van der Waals surface area contributed by atoms with Crippen LogP contribution in [0.3, 0.4) is 0 Å². The molecular weight excluding hydrogens is 262 g/mol. The zero-order valence-corrected chi connectivity index (χ0v) is 12.2. The maximum Gasteiger partial charge on any atom is 0.232 e. The minimum absolute atomic E-state index is 0.169. The van der Waals surface area contributed by atoms with Crippen LogP contribution in [0.15, 0.2) is 55.6 Å². The molecule has 2 heterocycles. The quantitative estimate of drug-likeness (QED) is 0.775. The molecule has 3 nitrogen and oxygen atoms in total. The average Bonchev–Trinajstić information content (AvgIpc) is 3.01. The molecular formula is C18H21NO2. The van der Waals surface area contributed by atoms with Gasteiger partial charge in [-0.1, -0.05) is 42.5 Å². The summed E-state index contributed by atoms with van der Waals surface area (Å²) in [5.41, 5.74) is 0.673. The van der Waals surface area contributed by atoms with Crippen LogP contribution in [0.4, 0.5) is 0 Å². The molecule has 2 saturated heterocycles. The third kappa shape index (κ3) is 2.22. The topological polar surface area (TPSA) is 29.5 Å². The summed E-state index contributed by atoms with van der Waals surface area (Å²) in [6.07, 6.45) is 5.68. The third-order valence-electron chi connectivity index (χ3n) is 4.56. The van der Waals surface area contributed by atoms with Gasteiger partial charge in [-0.3, -0.25) is 4.79 Å². The van der Waals surface area contributed by atoms with Crippen LogP contribution in [0.1, 0.15) is 31.1 Å². The zero-order valence-electron chi connectivity index (χ0n) is 12.2. The van der Waals surface area contributed by atoms with Crippen molar-refractivity contribution in [1.29, 1.82) is 0 Å². The van der Waals surface area contributed by atoms with E-state index in [1.807, 2.05) is 47.4 Å². The first kappa shape index (κ1) is 14.1. The second-order valence-corrected chi connectivity index (χ2v) is 5.93. The molecule has 110 valence electrons. The molecule has 1 aromatic rings. The van der Waals surface area contributed by atoms with Gasteiger partial charge in [0.25, 0.3) is 0 Å². The number of hydrogen-bond acceptors (Lipinski definition) is 2. The van der Waals surface area contributed by atoms with Crippen molar-refractivity contribution in [2.45, 2.75) is 31.5 Å². The molecule has 1 amide bonds. The lowest BCUT2D eigenvalue weighted by atomic mass is 9.78. The van der Waals surface area contributed by atoms with Crippen molar-refractivity contribution in [3.63, 3.8) is 0 Å². The predicted molar refractivity (Wildman–Crippen MR) is 82.4 cm³/mol. The van der Waals surface area contributed by atoms with Gasteiger partial charge in [-0.15, -0.1) is 13.2 Å². The van der Waals surface area contributed by atoms with Gasteiger partial charge in [-0.05, 0) is 19.3 Å². The zero-order chi connectivity index (χ0) is 14.9. The number of ether oxygens (including phenoxy) is 1. The Labute approximate surface area is 125 Å². The SMILES string of the molecule is C=CCC1(CC=C)C[C@H]2CO[C@H](c3ccccc3)N2C1=O. The van der Waals surface area contributed by atoms with E-state index >= 15 is 0 Å². The van der Waals surface area contributed by atoms with Gasteiger partial charge in [-0.2, -0.15) is 0 Å². The minimum atomic E-state index is -0.370. The van der Waals surface area contributed by atoms with Crippen molar-refractivity contribution in [3.05, 3.63) is 61.2 Å². The van der Waals surface area contributed by atoms with Crippen molar-refractivity contribution in [2.24, 2.45) is 5.41 Å². The predicted octanol–water partition coefficient (Wildman–Crippen LogP) is 3.45. The molecule has 1 aromatic carbocycles. The van der Waals surface area contributed by atoms with Gasteiger partial charge in [0, 0.05) is 5.56 Å². The first-order valence-electron chi connectivity index (χ1n) is 7.43. The molecule has 2 aliphatic rings. The Kier molecular flexibility index (Phi) is 3.68. The van der Waals surface area contributed by atoms with Gasteiger partial charge in [0.05, 0.1) is 18.1 Å². The highest BCUT2D eigenvalue weighted by Gasteiger charge is 2.55. The van der Waals surface area contributed by atoms with E-state index in [0.717, 1.165) is 12.0 Å². The Morgan fingerprint density at radius 1 is 1.24 bits per heavy atom. The van der Waals surface area contributed by atoms with E-state index in [9.17, 15) is 4.79 Å². The van der Waals surface area contributed by atoms with Crippen LogP contribution >= 0.6 is 0 Å². The second kappa shape index (κ2) is 5.49. The highest BCUT2D eigenvalue weighted by atomic mass is 16.5. The third-order valence-corrected chi connectivity index (χ3v) is 4.56. The van der Waals surface area contributed by atoms with Crippen molar-refractivity contribution in [1.82, 2.24) is 4.90 Å². The monoisotopic (exact) mass is 283 g/mol. The number of rotatable bonds is 5. The molecule has 0 aliphatic carbocycles. The smallest absolute Gasteiger partial charge is 0.232 e. The van der Waals surface area contributed by atoms with Gasteiger partial charge in [0.2, 0.25) is 5.91 Å². The maximum atomic E-state index is 13.0. The van der Waals surface area contributed by atoms with Gasteiger partial charge in [-0.25, -0.2) is 0 Å². The average molecular weight is 283 g/mol. The maximum absolute atomic E-state index is 13.0. The number of carbonyl (C=O) groups excluding carboxylic acids is 1. The summed E-state index contributed by atoms with van der Waals surface area (Å²) in [7, 11) is 0. The second-order valence-electron chi connectivity index (χ2n) is 5.93. The standard InChI is InChI=1S/C18H21NO2/c1-3-10-18(11-4-2)12-15-13-21-16(19(15)17(18)20)14-8-6-5-7-9-14/h3-9,15-16H,1-2,10-13H2/t15-,16+/m0/s1. The van der Waals surface area contributed by atoms with E-state index in [-0.39, 0.29) is 23.6 Å². The molecule has 3 heteroatoms. The molecule has 2 fully saturated rings. The summed E-state index contributed by atoms with van der Waals surface area (Å²) in [4.78, 5) is 15.0.